The number of amides is 1. The lowest BCUT2D eigenvalue weighted by Gasteiger charge is -2.37. The Labute approximate surface area is 115 Å². The van der Waals surface area contributed by atoms with E-state index in [-0.39, 0.29) is 6.09 Å². The van der Waals surface area contributed by atoms with Crippen LogP contribution in [0.3, 0.4) is 0 Å². The van der Waals surface area contributed by atoms with Crippen LogP contribution in [0.15, 0.2) is 23.4 Å². The summed E-state index contributed by atoms with van der Waals surface area (Å²) < 4.78 is 5.17. The van der Waals surface area contributed by atoms with E-state index in [9.17, 15) is 4.79 Å². The molecule has 2 aliphatic rings. The van der Waals surface area contributed by atoms with Crippen molar-refractivity contribution in [1.29, 1.82) is 0 Å². The van der Waals surface area contributed by atoms with Gasteiger partial charge < -0.3 is 14.5 Å². The normalized spacial score (nSPS) is 20.2. The van der Waals surface area contributed by atoms with Crippen LogP contribution in [0.1, 0.15) is 33.1 Å². The number of carbonyl (C=O) groups excluding carboxylic acids is 1. The average Bonchev–Trinajstić information content (AvgIpc) is 2.76. The van der Waals surface area contributed by atoms with Crippen molar-refractivity contribution in [1.82, 2.24) is 9.80 Å². The molecule has 0 atom stereocenters. The minimum Gasteiger partial charge on any atom is -0.449 e. The molecular formula is C15H24N2O2. The molecule has 106 valence electrons. The highest BCUT2D eigenvalue weighted by Gasteiger charge is 2.26. The van der Waals surface area contributed by atoms with E-state index in [0.717, 1.165) is 45.4 Å². The number of hydrogen-bond donors (Lipinski definition) is 0. The fourth-order valence-electron chi connectivity index (χ4n) is 2.76. The highest BCUT2D eigenvalue weighted by molar-refractivity contribution is 5.67. The quantitative estimate of drug-likeness (QED) is 0.786. The predicted octanol–water partition coefficient (Wildman–Crippen LogP) is 2.77. The van der Waals surface area contributed by atoms with Gasteiger partial charge in [0.05, 0.1) is 6.61 Å². The van der Waals surface area contributed by atoms with E-state index in [0.29, 0.717) is 6.61 Å². The predicted molar refractivity (Wildman–Crippen MR) is 75.9 cm³/mol. The maximum atomic E-state index is 11.8. The smallest absolute Gasteiger partial charge is 0.409 e. The molecule has 1 aliphatic heterocycles. The fourth-order valence-corrected chi connectivity index (χ4v) is 2.76. The summed E-state index contributed by atoms with van der Waals surface area (Å²) in [6, 6.07) is 0. The third kappa shape index (κ3) is 3.11. The maximum absolute atomic E-state index is 11.8. The molecule has 0 unspecified atom stereocenters. The molecule has 0 N–H and O–H groups in total. The number of allylic oxidation sites excluding steroid dienone is 2. The molecule has 0 aromatic heterocycles. The van der Waals surface area contributed by atoms with Crippen molar-refractivity contribution in [3.63, 3.8) is 0 Å². The fraction of sp³-hybridized carbons (Fsp3) is 0.667. The number of hydrogen-bond acceptors (Lipinski definition) is 3. The molecule has 19 heavy (non-hydrogen) atoms. The van der Waals surface area contributed by atoms with E-state index in [4.69, 9.17) is 4.74 Å². The van der Waals surface area contributed by atoms with Gasteiger partial charge in [0, 0.05) is 31.9 Å². The minimum atomic E-state index is -0.169. The van der Waals surface area contributed by atoms with Crippen LogP contribution in [-0.2, 0) is 4.74 Å². The van der Waals surface area contributed by atoms with Gasteiger partial charge in [-0.25, -0.2) is 4.79 Å². The Morgan fingerprint density at radius 1 is 1.26 bits per heavy atom. The summed E-state index contributed by atoms with van der Waals surface area (Å²) in [7, 11) is 0. The summed E-state index contributed by atoms with van der Waals surface area (Å²) in [6.45, 7) is 12.1. The summed E-state index contributed by atoms with van der Waals surface area (Å²) in [5, 5.41) is 0. The Hall–Kier alpha value is -1.45. The molecule has 4 heteroatoms. The van der Waals surface area contributed by atoms with E-state index in [1.807, 2.05) is 6.92 Å². The van der Waals surface area contributed by atoms with Gasteiger partial charge in [-0.15, -0.1) is 0 Å². The van der Waals surface area contributed by atoms with Crippen LogP contribution in [0.2, 0.25) is 0 Å². The number of ether oxygens (including phenoxy) is 1. The van der Waals surface area contributed by atoms with E-state index >= 15 is 0 Å². The molecule has 4 nitrogen and oxygen atoms in total. The van der Waals surface area contributed by atoms with Crippen LogP contribution in [0.4, 0.5) is 4.79 Å². The molecule has 0 aromatic rings. The van der Waals surface area contributed by atoms with Gasteiger partial charge in [-0.2, -0.15) is 0 Å². The van der Waals surface area contributed by atoms with Gasteiger partial charge in [-0.05, 0) is 37.3 Å². The zero-order chi connectivity index (χ0) is 13.8. The molecule has 2 rings (SSSR count). The van der Waals surface area contributed by atoms with Crippen LogP contribution in [0.25, 0.3) is 0 Å². The Bertz CT molecular complexity index is 393. The third-order valence-electron chi connectivity index (χ3n) is 3.82. The number of nitrogens with zero attached hydrogens (tertiary/aromatic N) is 2. The van der Waals surface area contributed by atoms with Crippen LogP contribution in [0.5, 0.6) is 0 Å². The summed E-state index contributed by atoms with van der Waals surface area (Å²) in [5.74, 6) is 0. The molecule has 1 heterocycles. The summed E-state index contributed by atoms with van der Waals surface area (Å²) in [5.41, 5.74) is 4.02. The molecule has 1 fully saturated rings. The second-order valence-corrected chi connectivity index (χ2v) is 5.32. The largest absolute Gasteiger partial charge is 0.449 e. The van der Waals surface area contributed by atoms with Crippen molar-refractivity contribution in [2.45, 2.75) is 33.1 Å². The highest BCUT2D eigenvalue weighted by Crippen LogP contribution is 2.32. The van der Waals surface area contributed by atoms with Crippen molar-refractivity contribution in [3.8, 4) is 0 Å². The number of rotatable bonds is 3. The monoisotopic (exact) mass is 264 g/mol. The van der Waals surface area contributed by atoms with Gasteiger partial charge in [0.1, 0.15) is 0 Å². The summed E-state index contributed by atoms with van der Waals surface area (Å²) >= 11 is 0. The Morgan fingerprint density at radius 3 is 2.47 bits per heavy atom. The molecular weight excluding hydrogens is 240 g/mol. The lowest BCUT2D eigenvalue weighted by Crippen LogP contribution is -2.48. The third-order valence-corrected chi connectivity index (χ3v) is 3.82. The van der Waals surface area contributed by atoms with E-state index in [1.165, 1.54) is 16.8 Å². The maximum Gasteiger partial charge on any atom is 0.409 e. The van der Waals surface area contributed by atoms with Crippen molar-refractivity contribution >= 4 is 6.09 Å². The van der Waals surface area contributed by atoms with Crippen molar-refractivity contribution in [2.75, 3.05) is 32.8 Å². The Balaban J connectivity index is 1.87. The van der Waals surface area contributed by atoms with Gasteiger partial charge in [0.15, 0.2) is 0 Å². The number of carbonyl (C=O) groups is 1. The molecule has 0 bridgehead atoms. The van der Waals surface area contributed by atoms with Crippen molar-refractivity contribution < 1.29 is 9.53 Å². The molecule has 0 radical (unpaired) electrons. The van der Waals surface area contributed by atoms with Gasteiger partial charge in [-0.1, -0.05) is 13.5 Å². The summed E-state index contributed by atoms with van der Waals surface area (Å²) in [4.78, 5) is 15.9. The minimum absolute atomic E-state index is 0.169. The van der Waals surface area contributed by atoms with Gasteiger partial charge in [0.25, 0.3) is 0 Å². The Kier molecular flexibility index (Phi) is 4.51. The SMILES string of the molecule is C=C1CCC(C)=C1N1CCN(C(=O)OCCC)CC1. The molecule has 0 spiro atoms. The first kappa shape index (κ1) is 14.0. The van der Waals surface area contributed by atoms with Crippen LogP contribution < -0.4 is 0 Å². The molecule has 1 aliphatic carbocycles. The van der Waals surface area contributed by atoms with Crippen LogP contribution in [-0.4, -0.2) is 48.7 Å². The van der Waals surface area contributed by atoms with Crippen molar-refractivity contribution in [3.05, 3.63) is 23.4 Å². The highest BCUT2D eigenvalue weighted by atomic mass is 16.6. The van der Waals surface area contributed by atoms with E-state index in [2.05, 4.69) is 18.4 Å². The zero-order valence-corrected chi connectivity index (χ0v) is 12.1. The molecule has 0 saturated carbocycles. The van der Waals surface area contributed by atoms with E-state index < -0.39 is 0 Å². The van der Waals surface area contributed by atoms with Gasteiger partial charge in [0.2, 0.25) is 0 Å². The van der Waals surface area contributed by atoms with Crippen LogP contribution in [0, 0.1) is 0 Å². The van der Waals surface area contributed by atoms with Crippen molar-refractivity contribution in [2.24, 2.45) is 0 Å². The first-order chi connectivity index (χ1) is 9.13. The number of piperazine rings is 1. The average molecular weight is 264 g/mol. The lowest BCUT2D eigenvalue weighted by atomic mass is 10.2. The molecule has 1 saturated heterocycles. The topological polar surface area (TPSA) is 32.8 Å². The summed E-state index contributed by atoms with van der Waals surface area (Å²) in [6.07, 6.45) is 2.92. The molecule has 1 amide bonds. The first-order valence-electron chi connectivity index (χ1n) is 7.18. The zero-order valence-electron chi connectivity index (χ0n) is 12.1. The second-order valence-electron chi connectivity index (χ2n) is 5.32. The van der Waals surface area contributed by atoms with Gasteiger partial charge in [-0.3, -0.25) is 0 Å². The van der Waals surface area contributed by atoms with E-state index in [1.54, 1.807) is 4.90 Å². The van der Waals surface area contributed by atoms with Gasteiger partial charge >= 0.3 is 6.09 Å². The Morgan fingerprint density at radius 2 is 1.95 bits per heavy atom. The van der Waals surface area contributed by atoms with Crippen LogP contribution >= 0.6 is 0 Å². The standard InChI is InChI=1S/C15H24N2O2/c1-4-11-19-15(18)17-9-7-16(8-10-17)14-12(2)5-6-13(14)3/h2,4-11H2,1,3H3. The lowest BCUT2D eigenvalue weighted by molar-refractivity contribution is 0.0835. The first-order valence-corrected chi connectivity index (χ1v) is 7.18. The molecule has 0 aromatic carbocycles. The second kappa shape index (κ2) is 6.13.